The molecule has 0 atom stereocenters. The summed E-state index contributed by atoms with van der Waals surface area (Å²) in [5, 5.41) is -0.140. The third kappa shape index (κ3) is 4.18. The van der Waals surface area contributed by atoms with Crippen molar-refractivity contribution in [1.29, 1.82) is 0 Å². The van der Waals surface area contributed by atoms with Gasteiger partial charge in [0.25, 0.3) is 0 Å². The fourth-order valence-corrected chi connectivity index (χ4v) is 3.42. The van der Waals surface area contributed by atoms with Gasteiger partial charge >= 0.3 is 7.60 Å². The molecule has 0 aliphatic carbocycles. The highest BCUT2D eigenvalue weighted by Crippen LogP contribution is 2.33. The lowest BCUT2D eigenvalue weighted by Crippen LogP contribution is -2.08. The highest BCUT2D eigenvalue weighted by atomic mass is 31.2. The van der Waals surface area contributed by atoms with Crippen LogP contribution in [0.1, 0.15) is 43.0 Å². The molecule has 2 N–H and O–H groups in total. The molecule has 0 bridgehead atoms. The molecule has 5 nitrogen and oxygen atoms in total. The Labute approximate surface area is 162 Å². The van der Waals surface area contributed by atoms with Crippen LogP contribution >= 0.6 is 7.60 Å². The van der Waals surface area contributed by atoms with E-state index in [1.165, 1.54) is 24.3 Å². The third-order valence-corrected chi connectivity index (χ3v) is 5.48. The van der Waals surface area contributed by atoms with E-state index < -0.39 is 7.60 Å². The van der Waals surface area contributed by atoms with E-state index in [0.29, 0.717) is 22.3 Å². The van der Waals surface area contributed by atoms with Crippen molar-refractivity contribution >= 4 is 24.5 Å². The molecule has 0 saturated carbocycles. The first-order valence-electron chi connectivity index (χ1n) is 8.60. The van der Waals surface area contributed by atoms with Gasteiger partial charge in [0, 0.05) is 22.3 Å². The lowest BCUT2D eigenvalue weighted by molar-refractivity contribution is 0.102. The lowest BCUT2D eigenvalue weighted by atomic mass is 9.95. The van der Waals surface area contributed by atoms with Gasteiger partial charge in [-0.05, 0) is 37.6 Å². The van der Waals surface area contributed by atoms with Crippen molar-refractivity contribution in [2.75, 3.05) is 0 Å². The van der Waals surface area contributed by atoms with E-state index in [2.05, 4.69) is 0 Å². The molecule has 0 fully saturated rings. The summed E-state index contributed by atoms with van der Waals surface area (Å²) in [4.78, 5) is 43.6. The minimum atomic E-state index is -4.34. The van der Waals surface area contributed by atoms with Crippen molar-refractivity contribution in [3.63, 3.8) is 0 Å². The van der Waals surface area contributed by atoms with Crippen molar-refractivity contribution in [1.82, 2.24) is 0 Å². The maximum Gasteiger partial charge on any atom is 0.356 e. The molecule has 0 aliphatic rings. The number of hydrogen-bond acceptors (Lipinski definition) is 3. The Morgan fingerprint density at radius 3 is 1.68 bits per heavy atom. The van der Waals surface area contributed by atoms with Gasteiger partial charge in [-0.15, -0.1) is 0 Å². The second-order valence-electron chi connectivity index (χ2n) is 6.64. The molecule has 142 valence electrons. The Morgan fingerprint density at radius 1 is 0.714 bits per heavy atom. The monoisotopic (exact) mass is 394 g/mol. The van der Waals surface area contributed by atoms with Crippen LogP contribution in [-0.2, 0) is 4.57 Å². The molecule has 3 rings (SSSR count). The van der Waals surface area contributed by atoms with Crippen LogP contribution in [0.4, 0.5) is 0 Å². The number of hydrogen-bond donors (Lipinski definition) is 2. The minimum Gasteiger partial charge on any atom is -0.321 e. The predicted octanol–water partition coefficient (Wildman–Crippen LogP) is 3.57. The van der Waals surface area contributed by atoms with Gasteiger partial charge in [0.1, 0.15) is 0 Å². The standard InChI is InChI=1S/C22H19O5P/c1-14-3-4-15(2)20(13-14)22(24)18-7-5-16(6-8-18)21(23)17-9-11-19(12-10-17)28(25,26)27/h3-13H,1-2H3,(H2,25,26,27). The van der Waals surface area contributed by atoms with Crippen LogP contribution in [0.25, 0.3) is 0 Å². The van der Waals surface area contributed by atoms with Crippen molar-refractivity contribution in [2.24, 2.45) is 0 Å². The van der Waals surface area contributed by atoms with E-state index in [1.54, 1.807) is 24.3 Å². The van der Waals surface area contributed by atoms with Gasteiger partial charge in [-0.25, -0.2) is 0 Å². The van der Waals surface area contributed by atoms with E-state index in [0.717, 1.165) is 11.1 Å². The zero-order valence-electron chi connectivity index (χ0n) is 15.4. The summed E-state index contributed by atoms with van der Waals surface area (Å²) in [6.07, 6.45) is 0. The highest BCUT2D eigenvalue weighted by molar-refractivity contribution is 7.60. The number of carbonyl (C=O) groups excluding carboxylic acids is 2. The van der Waals surface area contributed by atoms with E-state index >= 15 is 0 Å². The molecule has 0 heterocycles. The molecule has 0 unspecified atom stereocenters. The van der Waals surface area contributed by atoms with Gasteiger partial charge in [-0.1, -0.05) is 54.1 Å². The van der Waals surface area contributed by atoms with Crippen LogP contribution in [0.15, 0.2) is 66.7 Å². The molecule has 3 aromatic rings. The van der Waals surface area contributed by atoms with Crippen molar-refractivity contribution in [2.45, 2.75) is 13.8 Å². The summed E-state index contributed by atoms with van der Waals surface area (Å²) < 4.78 is 11.2. The first-order valence-corrected chi connectivity index (χ1v) is 10.2. The summed E-state index contributed by atoms with van der Waals surface area (Å²) >= 11 is 0. The number of aryl methyl sites for hydroxylation is 2. The largest absolute Gasteiger partial charge is 0.356 e. The molecule has 0 amide bonds. The Balaban J connectivity index is 1.84. The predicted molar refractivity (Wildman–Crippen MR) is 107 cm³/mol. The molecule has 0 saturated heterocycles. The Morgan fingerprint density at radius 2 is 1.18 bits per heavy atom. The van der Waals surface area contributed by atoms with Crippen LogP contribution in [-0.4, -0.2) is 21.4 Å². The average Bonchev–Trinajstić information content (AvgIpc) is 2.68. The topological polar surface area (TPSA) is 91.7 Å². The highest BCUT2D eigenvalue weighted by Gasteiger charge is 2.18. The van der Waals surface area contributed by atoms with Gasteiger partial charge in [0.2, 0.25) is 0 Å². The molecule has 3 aromatic carbocycles. The van der Waals surface area contributed by atoms with Crippen molar-refractivity contribution in [3.05, 3.63) is 100 Å². The second kappa shape index (κ2) is 7.64. The lowest BCUT2D eigenvalue weighted by Gasteiger charge is -2.08. The van der Waals surface area contributed by atoms with Crippen LogP contribution < -0.4 is 5.30 Å². The molecular weight excluding hydrogens is 375 g/mol. The van der Waals surface area contributed by atoms with Crippen LogP contribution in [0.2, 0.25) is 0 Å². The maximum absolute atomic E-state index is 12.7. The summed E-state index contributed by atoms with van der Waals surface area (Å²) in [7, 11) is -4.34. The molecule has 0 radical (unpaired) electrons. The zero-order chi connectivity index (χ0) is 20.5. The summed E-state index contributed by atoms with van der Waals surface area (Å²) in [5.74, 6) is -0.394. The molecular formula is C22H19O5P. The van der Waals surface area contributed by atoms with Gasteiger partial charge in [-0.3, -0.25) is 14.2 Å². The molecule has 0 aromatic heterocycles. The maximum atomic E-state index is 12.7. The third-order valence-electron chi connectivity index (χ3n) is 4.51. The van der Waals surface area contributed by atoms with Gasteiger partial charge in [0.15, 0.2) is 11.6 Å². The quantitative estimate of drug-likeness (QED) is 0.510. The fraction of sp³-hybridized carbons (Fsp3) is 0.0909. The Bertz CT molecular complexity index is 1090. The van der Waals surface area contributed by atoms with Gasteiger partial charge < -0.3 is 9.79 Å². The first-order chi connectivity index (χ1) is 13.2. The Kier molecular flexibility index (Phi) is 5.43. The number of carbonyl (C=O) groups is 2. The molecule has 6 heteroatoms. The zero-order valence-corrected chi connectivity index (χ0v) is 16.3. The molecule has 0 aliphatic heterocycles. The van der Waals surface area contributed by atoms with Crippen LogP contribution in [0.5, 0.6) is 0 Å². The summed E-state index contributed by atoms with van der Waals surface area (Å²) in [6, 6.07) is 17.3. The first kappa shape index (κ1) is 19.9. The SMILES string of the molecule is Cc1ccc(C)c(C(=O)c2ccc(C(=O)c3ccc(P(=O)(O)O)cc3)cc2)c1. The molecule has 28 heavy (non-hydrogen) atoms. The van der Waals surface area contributed by atoms with Crippen LogP contribution in [0, 0.1) is 13.8 Å². The second-order valence-corrected chi connectivity index (χ2v) is 8.25. The van der Waals surface area contributed by atoms with Gasteiger partial charge in [-0.2, -0.15) is 0 Å². The van der Waals surface area contributed by atoms with E-state index in [-0.39, 0.29) is 16.9 Å². The van der Waals surface area contributed by atoms with Gasteiger partial charge in [0.05, 0.1) is 5.30 Å². The molecule has 0 spiro atoms. The number of ketones is 2. The van der Waals surface area contributed by atoms with E-state index in [9.17, 15) is 14.2 Å². The average molecular weight is 394 g/mol. The van der Waals surface area contributed by atoms with E-state index in [1.807, 2.05) is 32.0 Å². The Hall–Kier alpha value is -2.85. The number of rotatable bonds is 5. The summed E-state index contributed by atoms with van der Waals surface area (Å²) in [5.41, 5.74) is 3.71. The van der Waals surface area contributed by atoms with Crippen molar-refractivity contribution < 1.29 is 23.9 Å². The smallest absolute Gasteiger partial charge is 0.321 e. The minimum absolute atomic E-state index is 0.105. The fourth-order valence-electron chi connectivity index (χ4n) is 2.88. The number of benzene rings is 3. The summed E-state index contributed by atoms with van der Waals surface area (Å²) in [6.45, 7) is 3.81. The van der Waals surface area contributed by atoms with Crippen molar-refractivity contribution in [3.8, 4) is 0 Å². The van der Waals surface area contributed by atoms with Crippen LogP contribution in [0.3, 0.4) is 0 Å². The van der Waals surface area contributed by atoms with E-state index in [4.69, 9.17) is 9.79 Å². The normalized spacial score (nSPS) is 11.3.